The quantitative estimate of drug-likeness (QED) is 0.571. The number of nitrogens with zero attached hydrogens (tertiary/aromatic N) is 7. The van der Waals surface area contributed by atoms with Crippen molar-refractivity contribution in [2.45, 2.75) is 4.90 Å². The zero-order valence-corrected chi connectivity index (χ0v) is 16.1. The highest BCUT2D eigenvalue weighted by atomic mass is 32.2. The van der Waals surface area contributed by atoms with Gasteiger partial charge in [-0.15, -0.1) is 10.2 Å². The highest BCUT2D eigenvalue weighted by molar-refractivity contribution is 7.89. The van der Waals surface area contributed by atoms with Crippen LogP contribution in [-0.2, 0) is 10.0 Å². The molecule has 1 aliphatic rings. The molecule has 2 heterocycles. The molecule has 0 bridgehead atoms. The molecule has 2 aromatic carbocycles. The van der Waals surface area contributed by atoms with E-state index in [9.17, 15) is 13.2 Å². The van der Waals surface area contributed by atoms with E-state index in [1.165, 1.54) is 13.1 Å². The fraction of sp³-hybridized carbons (Fsp3) is 0.188. The van der Waals surface area contributed by atoms with Crippen LogP contribution in [0.5, 0.6) is 0 Å². The van der Waals surface area contributed by atoms with Crippen LogP contribution in [0, 0.1) is 0 Å². The first kappa shape index (κ1) is 19.2. The van der Waals surface area contributed by atoms with Crippen LogP contribution in [0.1, 0.15) is 0 Å². The summed E-state index contributed by atoms with van der Waals surface area (Å²) in [6, 6.07) is 13.3. The highest BCUT2D eigenvalue weighted by Crippen LogP contribution is 2.30. The minimum absolute atomic E-state index is 0.201. The van der Waals surface area contributed by atoms with E-state index in [1.54, 1.807) is 56.6 Å². The standard InChI is InChI=1S/C7H7N3O2S.C7H5N3O.C2H6N2/c1-10-9-8-6-4-2-3-5-7(6)13(10,11)12;11-7-5-3-1-2-4-6(5)8-10-9-7;1-3-4-2/h2-5H,1H3;1-4H,(H,8,9,11);1-2H3/i/hT. The van der Waals surface area contributed by atoms with E-state index in [0.29, 0.717) is 21.7 Å². The van der Waals surface area contributed by atoms with Gasteiger partial charge in [0.1, 0.15) is 16.1 Å². The van der Waals surface area contributed by atoms with Crippen molar-refractivity contribution in [3.8, 4) is 0 Å². The van der Waals surface area contributed by atoms with E-state index in [-0.39, 0.29) is 4.90 Å². The molecule has 146 valence electrons. The second kappa shape index (κ2) is 9.41. The van der Waals surface area contributed by atoms with Crippen LogP contribution in [0.25, 0.3) is 10.9 Å². The van der Waals surface area contributed by atoms with Crippen LogP contribution < -0.4 is 5.56 Å². The Morgan fingerprint density at radius 3 is 2.43 bits per heavy atom. The normalized spacial score (nSPS) is 14.4. The third kappa shape index (κ3) is 4.79. The minimum Gasteiger partial charge on any atom is -0.267 e. The molecule has 0 aliphatic carbocycles. The zero-order chi connectivity index (χ0) is 21.4. The average molecular weight is 404 g/mol. The molecule has 1 aliphatic heterocycles. The van der Waals surface area contributed by atoms with E-state index in [2.05, 4.69) is 30.9 Å². The number of fused-ring (bicyclic) bond motifs is 2. The van der Waals surface area contributed by atoms with Crippen molar-refractivity contribution < 1.29 is 9.83 Å². The molecule has 0 saturated heterocycles. The van der Waals surface area contributed by atoms with Crippen molar-refractivity contribution in [2.24, 2.45) is 20.6 Å². The minimum atomic E-state index is -3.45. The van der Waals surface area contributed by atoms with Crippen LogP contribution in [0.4, 0.5) is 5.69 Å². The summed E-state index contributed by atoms with van der Waals surface area (Å²) in [5.41, 5.74) is 0.465. The van der Waals surface area contributed by atoms with Crippen LogP contribution in [-0.4, -0.2) is 49.4 Å². The van der Waals surface area contributed by atoms with Crippen LogP contribution in [0.3, 0.4) is 0 Å². The Hall–Kier alpha value is -3.54. The second-order valence-electron chi connectivity index (χ2n) is 5.11. The Labute approximate surface area is 162 Å². The van der Waals surface area contributed by atoms with Crippen LogP contribution >= 0.6 is 0 Å². The third-order valence-corrected chi connectivity index (χ3v) is 5.06. The lowest BCUT2D eigenvalue weighted by Crippen LogP contribution is -2.23. The SMILES string of the molecule is CN1N=Nc2ccccc2S1(=O)=O.CN=NC.[3H]n1nnc2ccccc2c1=O. The molecule has 0 amide bonds. The topological polar surface area (TPSA) is 145 Å². The summed E-state index contributed by atoms with van der Waals surface area (Å²) in [7, 11) is 1.19. The van der Waals surface area contributed by atoms with E-state index < -0.39 is 15.6 Å². The number of sulfonamides is 1. The van der Waals surface area contributed by atoms with E-state index in [4.69, 9.17) is 1.41 Å². The molecular formula is C16H18N8O3S. The Morgan fingerprint density at radius 2 is 1.71 bits per heavy atom. The predicted molar refractivity (Wildman–Crippen MR) is 103 cm³/mol. The van der Waals surface area contributed by atoms with Gasteiger partial charge in [0.15, 0.2) is 1.41 Å². The fourth-order valence-corrected chi connectivity index (χ4v) is 3.01. The average Bonchev–Trinajstić information content (AvgIpc) is 2.75. The van der Waals surface area contributed by atoms with Crippen molar-refractivity contribution in [1.82, 2.24) is 19.8 Å². The Morgan fingerprint density at radius 1 is 1.07 bits per heavy atom. The van der Waals surface area contributed by atoms with Gasteiger partial charge in [-0.25, -0.2) is 5.09 Å². The molecule has 1 aromatic heterocycles. The lowest BCUT2D eigenvalue weighted by molar-refractivity contribution is 0.462. The molecule has 0 radical (unpaired) electrons. The summed E-state index contributed by atoms with van der Waals surface area (Å²) in [5.74, 6) is 0. The van der Waals surface area contributed by atoms with E-state index in [0.717, 1.165) is 4.41 Å². The van der Waals surface area contributed by atoms with Gasteiger partial charge in [0.2, 0.25) is 0 Å². The molecular weight excluding hydrogens is 384 g/mol. The van der Waals surface area contributed by atoms with Crippen molar-refractivity contribution in [1.29, 1.82) is 0 Å². The molecule has 0 saturated carbocycles. The molecule has 1 N–H and O–H groups in total. The molecule has 0 spiro atoms. The number of rotatable bonds is 0. The monoisotopic (exact) mass is 404 g/mol. The largest absolute Gasteiger partial charge is 0.282 e. The molecule has 0 fully saturated rings. The highest BCUT2D eigenvalue weighted by Gasteiger charge is 2.26. The van der Waals surface area contributed by atoms with Crippen molar-refractivity contribution >= 4 is 26.6 Å². The molecule has 28 heavy (non-hydrogen) atoms. The smallest absolute Gasteiger partial charge is 0.267 e. The molecule has 0 unspecified atom stereocenters. The van der Waals surface area contributed by atoms with Crippen LogP contribution in [0.15, 0.2) is 78.8 Å². The number of aromatic amines is 1. The summed E-state index contributed by atoms with van der Waals surface area (Å²) in [4.78, 5) is 11.4. The van der Waals surface area contributed by atoms with Gasteiger partial charge in [0.25, 0.3) is 15.6 Å². The first-order valence-corrected chi connectivity index (χ1v) is 9.28. The number of aromatic nitrogens is 3. The maximum atomic E-state index is 11.6. The number of hydrogen-bond donors (Lipinski definition) is 1. The molecule has 11 nitrogen and oxygen atoms in total. The summed E-state index contributed by atoms with van der Waals surface area (Å²) in [6.45, 7) is 0. The van der Waals surface area contributed by atoms with Crippen LogP contribution in [0.2, 0.25) is 1.41 Å². The second-order valence-corrected chi connectivity index (χ2v) is 7.03. The van der Waals surface area contributed by atoms with Gasteiger partial charge in [-0.3, -0.25) is 4.79 Å². The first-order valence-electron chi connectivity index (χ1n) is 8.29. The number of H-pyrrole nitrogens is 1. The maximum Gasteiger partial charge on any atom is 0.282 e. The number of nitrogens with one attached hydrogen (secondary N) is 1. The molecule has 12 heteroatoms. The predicted octanol–water partition coefficient (Wildman–Crippen LogP) is 2.34. The first-order chi connectivity index (χ1) is 13.8. The van der Waals surface area contributed by atoms with Gasteiger partial charge in [-0.2, -0.15) is 23.1 Å². The van der Waals surface area contributed by atoms with Crippen molar-refractivity contribution in [3.05, 3.63) is 58.9 Å². The number of benzene rings is 2. The summed E-state index contributed by atoms with van der Waals surface area (Å²) in [5, 5.41) is 21.8. The number of hydrogen-bond acceptors (Lipinski definition) is 9. The van der Waals surface area contributed by atoms with Crippen molar-refractivity contribution in [3.63, 3.8) is 0 Å². The van der Waals surface area contributed by atoms with Gasteiger partial charge in [-0.1, -0.05) is 34.7 Å². The Balaban J connectivity index is 0.000000176. The van der Waals surface area contributed by atoms with Gasteiger partial charge in [0, 0.05) is 21.1 Å². The lowest BCUT2D eigenvalue weighted by atomic mass is 10.2. The lowest BCUT2D eigenvalue weighted by Gasteiger charge is -2.17. The molecule has 0 atom stereocenters. The Bertz CT molecular complexity index is 1210. The van der Waals surface area contributed by atoms with Gasteiger partial charge in [0.05, 0.1) is 5.39 Å². The third-order valence-electron chi connectivity index (χ3n) is 3.39. The van der Waals surface area contributed by atoms with Gasteiger partial charge >= 0.3 is 0 Å². The zero-order valence-electron chi connectivity index (χ0n) is 16.3. The van der Waals surface area contributed by atoms with Gasteiger partial charge in [-0.05, 0) is 24.3 Å². The van der Waals surface area contributed by atoms with E-state index >= 15 is 0 Å². The molecule has 4 rings (SSSR count). The summed E-state index contributed by atoms with van der Waals surface area (Å²) in [6.07, 6.45) is 0. The summed E-state index contributed by atoms with van der Waals surface area (Å²) < 4.78 is 31.0. The maximum absolute atomic E-state index is 11.6. The number of azo groups is 1. The van der Waals surface area contributed by atoms with Crippen molar-refractivity contribution in [2.75, 3.05) is 21.1 Å². The fourth-order valence-electron chi connectivity index (χ4n) is 1.97. The summed E-state index contributed by atoms with van der Waals surface area (Å²) >= 11 is 0. The Kier molecular flexibility index (Phi) is 6.46. The molecule has 3 aromatic rings. The van der Waals surface area contributed by atoms with E-state index in [1.807, 2.05) is 0 Å². The van der Waals surface area contributed by atoms with Gasteiger partial charge < -0.3 is 0 Å².